The number of nitrogens with two attached hydrogens (primary N) is 1. The van der Waals surface area contributed by atoms with E-state index in [0.29, 0.717) is 10.4 Å². The number of hydrogen-bond acceptors (Lipinski definition) is 4. The van der Waals surface area contributed by atoms with Gasteiger partial charge >= 0.3 is 6.03 Å². The first-order valence-corrected chi connectivity index (χ1v) is 9.91. The highest BCUT2D eigenvalue weighted by atomic mass is 79.9. The summed E-state index contributed by atoms with van der Waals surface area (Å²) in [6.45, 7) is 3.97. The number of primary amides is 1. The molecule has 1 unspecified atom stereocenters. The van der Waals surface area contributed by atoms with Crippen molar-refractivity contribution in [3.63, 3.8) is 0 Å². The summed E-state index contributed by atoms with van der Waals surface area (Å²) in [6.07, 6.45) is 0.770. The quantitative estimate of drug-likeness (QED) is 0.505. The molecule has 1 atom stereocenters. The van der Waals surface area contributed by atoms with Gasteiger partial charge in [-0.1, -0.05) is 35.0 Å². The van der Waals surface area contributed by atoms with Gasteiger partial charge in [-0.25, -0.2) is 4.79 Å². The van der Waals surface area contributed by atoms with E-state index in [9.17, 15) is 14.4 Å². The summed E-state index contributed by atoms with van der Waals surface area (Å²) >= 11 is 4.75. The van der Waals surface area contributed by atoms with Gasteiger partial charge in [0.05, 0.1) is 17.3 Å². The first-order valence-electron chi connectivity index (χ1n) is 8.30. The third-order valence-corrected chi connectivity index (χ3v) is 5.71. The van der Waals surface area contributed by atoms with Crippen LogP contribution < -0.4 is 21.9 Å². The van der Waals surface area contributed by atoms with E-state index < -0.39 is 18.0 Å². The Morgan fingerprint density at radius 3 is 2.56 bits per heavy atom. The summed E-state index contributed by atoms with van der Waals surface area (Å²) in [5, 5.41) is 2.54. The highest BCUT2D eigenvalue weighted by Crippen LogP contribution is 2.22. The van der Waals surface area contributed by atoms with E-state index in [1.165, 1.54) is 11.3 Å². The number of rotatable bonds is 6. The molecule has 0 fully saturated rings. The van der Waals surface area contributed by atoms with Gasteiger partial charge in [0.2, 0.25) is 5.91 Å². The molecule has 0 saturated heterocycles. The number of thiophene rings is 1. The Labute approximate surface area is 169 Å². The average Bonchev–Trinajstić information content (AvgIpc) is 2.99. The van der Waals surface area contributed by atoms with Crippen LogP contribution in [0.25, 0.3) is 0 Å². The standard InChI is InChI=1S/C18H21BrN4O3S/c1-3-14-10(2)7-15(27-14)17(25)23-22-16(24)9-13(21-18(20)26)11-5-4-6-12(19)8-11/h4-8,13H,3,9H2,1-2H3,(H,22,24)(H,23,25)(H3,20,21,26). The Hall–Kier alpha value is -2.39. The molecule has 7 nitrogen and oxygen atoms in total. The van der Waals surface area contributed by atoms with Gasteiger partial charge in [0, 0.05) is 9.35 Å². The first kappa shape index (κ1) is 20.9. The Morgan fingerprint density at radius 2 is 1.96 bits per heavy atom. The third kappa shape index (κ3) is 6.07. The van der Waals surface area contributed by atoms with Crippen LogP contribution in [0.2, 0.25) is 0 Å². The summed E-state index contributed by atoms with van der Waals surface area (Å²) in [7, 11) is 0. The molecule has 0 radical (unpaired) electrons. The van der Waals surface area contributed by atoms with E-state index in [1.807, 2.05) is 19.9 Å². The van der Waals surface area contributed by atoms with Gasteiger partial charge in [-0.15, -0.1) is 11.3 Å². The fourth-order valence-corrected chi connectivity index (χ4v) is 3.98. The Bertz CT molecular complexity index is 853. The largest absolute Gasteiger partial charge is 0.352 e. The molecule has 0 aliphatic rings. The van der Waals surface area contributed by atoms with Crippen molar-refractivity contribution in [2.24, 2.45) is 5.73 Å². The lowest BCUT2D eigenvalue weighted by molar-refractivity contribution is -0.122. The fourth-order valence-electron chi connectivity index (χ4n) is 2.55. The third-order valence-electron chi connectivity index (χ3n) is 3.84. The SMILES string of the molecule is CCc1sc(C(=O)NNC(=O)CC(NC(N)=O)c2cccc(Br)c2)cc1C. The minimum Gasteiger partial charge on any atom is -0.352 e. The molecule has 1 heterocycles. The van der Waals surface area contributed by atoms with E-state index in [-0.39, 0.29) is 12.3 Å². The second-order valence-electron chi connectivity index (χ2n) is 5.89. The molecule has 4 amide bonds. The van der Waals surface area contributed by atoms with Crippen LogP contribution >= 0.6 is 27.3 Å². The summed E-state index contributed by atoms with van der Waals surface area (Å²) in [6, 6.07) is 7.62. The van der Waals surface area contributed by atoms with Crippen LogP contribution in [0.5, 0.6) is 0 Å². The number of urea groups is 1. The van der Waals surface area contributed by atoms with Crippen molar-refractivity contribution in [3.05, 3.63) is 55.7 Å². The molecule has 5 N–H and O–H groups in total. The zero-order valence-electron chi connectivity index (χ0n) is 15.0. The van der Waals surface area contributed by atoms with Crippen LogP contribution in [0.4, 0.5) is 4.79 Å². The second-order valence-corrected chi connectivity index (χ2v) is 7.95. The van der Waals surface area contributed by atoms with Gasteiger partial charge in [-0.3, -0.25) is 20.4 Å². The van der Waals surface area contributed by atoms with Crippen molar-refractivity contribution >= 4 is 45.1 Å². The van der Waals surface area contributed by atoms with Crippen molar-refractivity contribution < 1.29 is 14.4 Å². The van der Waals surface area contributed by atoms with Gasteiger partial charge in [0.15, 0.2) is 0 Å². The molecule has 0 spiro atoms. The zero-order chi connectivity index (χ0) is 20.0. The van der Waals surface area contributed by atoms with Crippen molar-refractivity contribution in [2.75, 3.05) is 0 Å². The van der Waals surface area contributed by atoms with Gasteiger partial charge < -0.3 is 11.1 Å². The van der Waals surface area contributed by atoms with Gasteiger partial charge in [0.1, 0.15) is 0 Å². The van der Waals surface area contributed by atoms with Crippen molar-refractivity contribution in [2.45, 2.75) is 32.7 Å². The van der Waals surface area contributed by atoms with Crippen molar-refractivity contribution in [1.29, 1.82) is 0 Å². The maximum absolute atomic E-state index is 12.2. The zero-order valence-corrected chi connectivity index (χ0v) is 17.4. The number of amides is 4. The number of carbonyl (C=O) groups excluding carboxylic acids is 3. The minimum absolute atomic E-state index is 0.0800. The highest BCUT2D eigenvalue weighted by Gasteiger charge is 2.19. The van der Waals surface area contributed by atoms with Gasteiger partial charge in [-0.05, 0) is 42.7 Å². The fraction of sp³-hybridized carbons (Fsp3) is 0.278. The maximum atomic E-state index is 12.2. The molecule has 0 aliphatic carbocycles. The van der Waals surface area contributed by atoms with Crippen LogP contribution in [0.1, 0.15) is 45.1 Å². The molecule has 2 aromatic rings. The molecular weight excluding hydrogens is 432 g/mol. The van der Waals surface area contributed by atoms with Crippen LogP contribution in [-0.2, 0) is 11.2 Å². The number of aryl methyl sites for hydroxylation is 2. The average molecular weight is 453 g/mol. The number of carbonyl (C=O) groups is 3. The molecule has 0 aliphatic heterocycles. The van der Waals surface area contributed by atoms with E-state index in [0.717, 1.165) is 21.3 Å². The number of halogens is 1. The van der Waals surface area contributed by atoms with E-state index in [1.54, 1.807) is 24.3 Å². The molecular formula is C18H21BrN4O3S. The van der Waals surface area contributed by atoms with Crippen molar-refractivity contribution in [1.82, 2.24) is 16.2 Å². The van der Waals surface area contributed by atoms with Gasteiger partial charge in [-0.2, -0.15) is 0 Å². The number of nitrogens with one attached hydrogen (secondary N) is 3. The van der Waals surface area contributed by atoms with Crippen LogP contribution in [0.3, 0.4) is 0 Å². The van der Waals surface area contributed by atoms with Crippen LogP contribution in [-0.4, -0.2) is 17.8 Å². The summed E-state index contributed by atoms with van der Waals surface area (Å²) < 4.78 is 0.810. The monoisotopic (exact) mass is 452 g/mol. The summed E-state index contributed by atoms with van der Waals surface area (Å²) in [5.74, 6) is -0.830. The molecule has 1 aromatic heterocycles. The van der Waals surface area contributed by atoms with Crippen molar-refractivity contribution in [3.8, 4) is 0 Å². The lowest BCUT2D eigenvalue weighted by Gasteiger charge is -2.18. The normalized spacial score (nSPS) is 11.5. The molecule has 144 valence electrons. The number of hydrazine groups is 1. The molecule has 27 heavy (non-hydrogen) atoms. The van der Waals surface area contributed by atoms with Gasteiger partial charge in [0.25, 0.3) is 5.91 Å². The Kier molecular flexibility index (Phi) is 7.37. The predicted molar refractivity (Wildman–Crippen MR) is 108 cm³/mol. The molecule has 0 saturated carbocycles. The number of benzene rings is 1. The number of hydrogen-bond donors (Lipinski definition) is 4. The van der Waals surface area contributed by atoms with E-state index >= 15 is 0 Å². The summed E-state index contributed by atoms with van der Waals surface area (Å²) in [5.41, 5.74) is 11.8. The van der Waals surface area contributed by atoms with Crippen LogP contribution in [0, 0.1) is 6.92 Å². The highest BCUT2D eigenvalue weighted by molar-refractivity contribution is 9.10. The maximum Gasteiger partial charge on any atom is 0.312 e. The Morgan fingerprint density at radius 1 is 1.22 bits per heavy atom. The van der Waals surface area contributed by atoms with Crippen LogP contribution in [0.15, 0.2) is 34.8 Å². The lowest BCUT2D eigenvalue weighted by Crippen LogP contribution is -2.43. The summed E-state index contributed by atoms with van der Waals surface area (Å²) in [4.78, 5) is 37.4. The molecule has 0 bridgehead atoms. The topological polar surface area (TPSA) is 113 Å². The Balaban J connectivity index is 1.98. The van der Waals surface area contributed by atoms with E-state index in [2.05, 4.69) is 32.1 Å². The molecule has 1 aromatic carbocycles. The molecule has 9 heteroatoms. The second kappa shape index (κ2) is 9.52. The van der Waals surface area contributed by atoms with E-state index in [4.69, 9.17) is 5.73 Å². The predicted octanol–water partition coefficient (Wildman–Crippen LogP) is 2.94. The lowest BCUT2D eigenvalue weighted by atomic mass is 10.0. The first-order chi connectivity index (χ1) is 12.8. The minimum atomic E-state index is -0.738. The molecule has 2 rings (SSSR count). The smallest absolute Gasteiger partial charge is 0.312 e.